The fraction of sp³-hybridized carbons (Fsp3) is 0.800. The molecule has 1 fully saturated rings. The average molecular weight is 253 g/mol. The summed E-state index contributed by atoms with van der Waals surface area (Å²) in [4.78, 5) is 20.3. The van der Waals surface area contributed by atoms with Gasteiger partial charge in [0.1, 0.15) is 0 Å². The Bertz CT molecular complexity index is 214. The molecule has 1 aliphatic rings. The molecule has 0 bridgehead atoms. The lowest BCUT2D eigenvalue weighted by molar-refractivity contribution is -0.141. The van der Waals surface area contributed by atoms with E-state index in [1.165, 1.54) is 0 Å². The van der Waals surface area contributed by atoms with Crippen molar-refractivity contribution in [1.82, 2.24) is 10.6 Å². The minimum Gasteiger partial charge on any atom is -0.481 e. The highest BCUT2D eigenvalue weighted by Crippen LogP contribution is 2.09. The number of hydrogen-bond donors (Lipinski definition) is 3. The summed E-state index contributed by atoms with van der Waals surface area (Å²) in [6.07, 6.45) is 0.773. The highest BCUT2D eigenvalue weighted by Gasteiger charge is 2.11. The molecule has 1 heterocycles. The number of nitrogens with one attached hydrogen (secondary N) is 2. The molecule has 1 atom stereocenters. The van der Waals surface area contributed by atoms with Crippen LogP contribution in [0.15, 0.2) is 0 Å². The number of hydrogen-bond acceptors (Lipinski definition) is 3. The van der Waals surface area contributed by atoms with Gasteiger partial charge in [-0.1, -0.05) is 20.8 Å². The predicted molar refractivity (Wildman–Crippen MR) is 64.5 cm³/mol. The Morgan fingerprint density at radius 2 is 2.00 bits per heavy atom. The summed E-state index contributed by atoms with van der Waals surface area (Å²) >= 11 is 0. The van der Waals surface area contributed by atoms with Crippen LogP contribution in [-0.2, 0) is 9.59 Å². The smallest absolute Gasteiger partial charge is 0.306 e. The lowest BCUT2D eigenvalue weighted by atomic mass is 9.99. The topological polar surface area (TPSA) is 78.4 Å². The molecule has 0 radical (unpaired) electrons. The Balaban J connectivity index is 0. The number of aliphatic carboxylic acids is 1. The lowest BCUT2D eigenvalue weighted by Crippen LogP contribution is -2.14. The monoisotopic (exact) mass is 252 g/mol. The third-order valence-corrected chi connectivity index (χ3v) is 1.94. The summed E-state index contributed by atoms with van der Waals surface area (Å²) in [7, 11) is 0. The molecule has 0 aromatic carbocycles. The van der Waals surface area contributed by atoms with Crippen molar-refractivity contribution in [1.29, 1.82) is 0 Å². The van der Waals surface area contributed by atoms with Crippen LogP contribution in [0.3, 0.4) is 0 Å². The van der Waals surface area contributed by atoms with Gasteiger partial charge in [0.15, 0.2) is 0 Å². The first-order chi connectivity index (χ1) is 6.93. The summed E-state index contributed by atoms with van der Waals surface area (Å²) in [6.45, 7) is 6.92. The molecule has 0 aromatic heterocycles. The second-order valence-electron chi connectivity index (χ2n) is 4.07. The summed E-state index contributed by atoms with van der Waals surface area (Å²) in [5, 5.41) is 13.8. The van der Waals surface area contributed by atoms with Gasteiger partial charge < -0.3 is 10.4 Å². The number of carboxylic acids is 1. The molecule has 0 spiro atoms. The Labute approximate surface area is 102 Å². The Kier molecular flexibility index (Phi) is 10.3. The van der Waals surface area contributed by atoms with Gasteiger partial charge in [0.25, 0.3) is 0 Å². The van der Waals surface area contributed by atoms with Gasteiger partial charge in [0, 0.05) is 0 Å². The van der Waals surface area contributed by atoms with Crippen molar-refractivity contribution < 1.29 is 14.7 Å². The Hall–Kier alpha value is -0.810. The minimum absolute atomic E-state index is 0. The van der Waals surface area contributed by atoms with Crippen molar-refractivity contribution in [3.05, 3.63) is 0 Å². The van der Waals surface area contributed by atoms with E-state index in [1.807, 2.05) is 13.8 Å². The van der Waals surface area contributed by atoms with Gasteiger partial charge in [-0.15, -0.1) is 12.4 Å². The second kappa shape index (κ2) is 9.42. The van der Waals surface area contributed by atoms with E-state index in [4.69, 9.17) is 5.11 Å². The number of carbonyl (C=O) groups is 2. The van der Waals surface area contributed by atoms with Crippen LogP contribution in [0, 0.1) is 11.8 Å². The van der Waals surface area contributed by atoms with Crippen molar-refractivity contribution in [3.63, 3.8) is 0 Å². The predicted octanol–water partition coefficient (Wildman–Crippen LogP) is 0.838. The van der Waals surface area contributed by atoms with Crippen molar-refractivity contribution in [2.45, 2.75) is 27.2 Å². The molecule has 3 N–H and O–H groups in total. The third-order valence-electron chi connectivity index (χ3n) is 1.94. The summed E-state index contributed by atoms with van der Waals surface area (Å²) < 4.78 is 0. The number of carbonyl (C=O) groups excluding carboxylic acids is 1. The largest absolute Gasteiger partial charge is 0.481 e. The Morgan fingerprint density at radius 3 is 2.12 bits per heavy atom. The van der Waals surface area contributed by atoms with E-state index in [0.29, 0.717) is 19.1 Å². The van der Waals surface area contributed by atoms with Gasteiger partial charge in [0.2, 0.25) is 5.91 Å². The molecular formula is C10H21ClN2O3. The van der Waals surface area contributed by atoms with E-state index < -0.39 is 5.97 Å². The minimum atomic E-state index is -0.691. The fourth-order valence-corrected chi connectivity index (χ4v) is 1.21. The number of rotatable bonds is 3. The van der Waals surface area contributed by atoms with Gasteiger partial charge in [-0.05, 0) is 12.3 Å². The van der Waals surface area contributed by atoms with E-state index in [9.17, 15) is 9.59 Å². The zero-order valence-corrected chi connectivity index (χ0v) is 10.8. The molecular weight excluding hydrogens is 232 g/mol. The highest BCUT2D eigenvalue weighted by molar-refractivity contribution is 5.85. The zero-order valence-electron chi connectivity index (χ0n) is 9.95. The molecule has 96 valence electrons. The summed E-state index contributed by atoms with van der Waals surface area (Å²) in [5.74, 6) is -0.306. The van der Waals surface area contributed by atoms with Crippen LogP contribution in [-0.4, -0.2) is 30.2 Å². The number of carboxylic acid groups (broad SMARTS) is 1. The average Bonchev–Trinajstić information content (AvgIpc) is 2.55. The normalized spacial score (nSPS) is 15.6. The van der Waals surface area contributed by atoms with Crippen LogP contribution in [0.1, 0.15) is 27.2 Å². The molecule has 1 amide bonds. The van der Waals surface area contributed by atoms with Crippen LogP contribution in [0.5, 0.6) is 0 Å². The molecule has 1 aliphatic heterocycles. The van der Waals surface area contributed by atoms with Gasteiger partial charge in [-0.3, -0.25) is 14.9 Å². The first-order valence-corrected chi connectivity index (χ1v) is 5.13. The molecule has 0 saturated carbocycles. The molecule has 0 aliphatic carbocycles. The van der Waals surface area contributed by atoms with Crippen LogP contribution < -0.4 is 10.6 Å². The maximum Gasteiger partial charge on any atom is 0.306 e. The van der Waals surface area contributed by atoms with Crippen molar-refractivity contribution in [3.8, 4) is 0 Å². The van der Waals surface area contributed by atoms with E-state index in [-0.39, 0.29) is 24.2 Å². The SMILES string of the molecule is CC(C)CC(C)C(=O)O.Cl.O=C1CNCN1. The standard InChI is InChI=1S/C7H14O2.C3H6N2O.ClH/c1-5(2)4-6(3)7(8)9;6-3-1-4-2-5-3;/h5-6H,4H2,1-3H3,(H,8,9);4H,1-2H2,(H,5,6);1H. The second-order valence-corrected chi connectivity index (χ2v) is 4.07. The van der Waals surface area contributed by atoms with E-state index in [2.05, 4.69) is 10.6 Å². The zero-order chi connectivity index (χ0) is 11.8. The molecule has 0 aromatic rings. The summed E-state index contributed by atoms with van der Waals surface area (Å²) in [6, 6.07) is 0. The number of amides is 1. The quantitative estimate of drug-likeness (QED) is 0.696. The van der Waals surface area contributed by atoms with E-state index in [0.717, 1.165) is 6.42 Å². The fourth-order valence-electron chi connectivity index (χ4n) is 1.21. The van der Waals surface area contributed by atoms with E-state index in [1.54, 1.807) is 6.92 Å². The molecule has 5 nitrogen and oxygen atoms in total. The van der Waals surface area contributed by atoms with Crippen LogP contribution in [0.25, 0.3) is 0 Å². The first-order valence-electron chi connectivity index (χ1n) is 5.13. The third kappa shape index (κ3) is 9.73. The van der Waals surface area contributed by atoms with Crippen LogP contribution in [0.2, 0.25) is 0 Å². The lowest BCUT2D eigenvalue weighted by Gasteiger charge is -2.07. The Morgan fingerprint density at radius 1 is 1.44 bits per heavy atom. The van der Waals surface area contributed by atoms with Gasteiger partial charge in [-0.25, -0.2) is 0 Å². The molecule has 6 heteroatoms. The van der Waals surface area contributed by atoms with Crippen molar-refractivity contribution >= 4 is 24.3 Å². The number of halogens is 1. The summed E-state index contributed by atoms with van der Waals surface area (Å²) in [5.41, 5.74) is 0. The van der Waals surface area contributed by atoms with E-state index >= 15 is 0 Å². The molecule has 16 heavy (non-hydrogen) atoms. The van der Waals surface area contributed by atoms with Crippen molar-refractivity contribution in [2.75, 3.05) is 13.2 Å². The van der Waals surface area contributed by atoms with Gasteiger partial charge >= 0.3 is 5.97 Å². The van der Waals surface area contributed by atoms with Gasteiger partial charge in [-0.2, -0.15) is 0 Å². The van der Waals surface area contributed by atoms with Crippen LogP contribution in [0.4, 0.5) is 0 Å². The van der Waals surface area contributed by atoms with Gasteiger partial charge in [0.05, 0.1) is 19.1 Å². The molecule has 1 rings (SSSR count). The van der Waals surface area contributed by atoms with Crippen molar-refractivity contribution in [2.24, 2.45) is 11.8 Å². The first kappa shape index (κ1) is 17.6. The molecule has 1 unspecified atom stereocenters. The maximum atomic E-state index is 10.2. The maximum absolute atomic E-state index is 10.2. The van der Waals surface area contributed by atoms with Crippen LogP contribution >= 0.6 is 12.4 Å². The molecule has 1 saturated heterocycles. The highest BCUT2D eigenvalue weighted by atomic mass is 35.5.